The fourth-order valence-corrected chi connectivity index (χ4v) is 6.69. The second-order valence-electron chi connectivity index (χ2n) is 12.2. The summed E-state index contributed by atoms with van der Waals surface area (Å²) in [5.41, 5.74) is -1.68. The van der Waals surface area contributed by atoms with Gasteiger partial charge >= 0.3 is 18.1 Å². The van der Waals surface area contributed by atoms with E-state index < -0.39 is 71.3 Å². The first kappa shape index (κ1) is 39.0. The number of carbonyl (C=O) groups is 4. The third-order valence-electron chi connectivity index (χ3n) is 8.53. The molecule has 6 rings (SSSR count). The van der Waals surface area contributed by atoms with Crippen LogP contribution in [-0.4, -0.2) is 66.2 Å². The fourth-order valence-electron chi connectivity index (χ4n) is 5.81. The molecule has 0 bridgehead atoms. The largest absolute Gasteiger partial charge is 0.505 e. The Bertz CT molecular complexity index is 2500. The van der Waals surface area contributed by atoms with Gasteiger partial charge in [0, 0.05) is 43.4 Å². The van der Waals surface area contributed by atoms with Gasteiger partial charge in [-0.2, -0.15) is 13.2 Å². The number of carboxylic acids is 2. The molecule has 0 saturated heterocycles. The molecular weight excluding hydrogens is 758 g/mol. The van der Waals surface area contributed by atoms with Crippen LogP contribution in [-0.2, 0) is 22.4 Å². The Morgan fingerprint density at radius 1 is 0.768 bits per heavy atom. The van der Waals surface area contributed by atoms with Crippen molar-refractivity contribution in [3.63, 3.8) is 0 Å². The minimum absolute atomic E-state index is 0.0767. The highest BCUT2D eigenvalue weighted by Crippen LogP contribution is 2.36. The third-order valence-corrected chi connectivity index (χ3v) is 9.53. The van der Waals surface area contributed by atoms with Gasteiger partial charge in [-0.15, -0.1) is 0 Å². The number of halogens is 3. The predicted octanol–water partition coefficient (Wildman–Crippen LogP) is 6.32. The number of fused-ring (bicyclic) bond motifs is 2. The van der Waals surface area contributed by atoms with Gasteiger partial charge in [-0.1, -0.05) is 36.0 Å². The zero-order valence-corrected chi connectivity index (χ0v) is 29.7. The van der Waals surface area contributed by atoms with E-state index in [-0.39, 0.29) is 27.8 Å². The lowest BCUT2D eigenvalue weighted by molar-refractivity contribution is -0.147. The summed E-state index contributed by atoms with van der Waals surface area (Å²) in [7, 11) is 0. The van der Waals surface area contributed by atoms with E-state index in [2.05, 4.69) is 15.3 Å². The summed E-state index contributed by atoms with van der Waals surface area (Å²) in [5.74, 6) is -6.45. The molecule has 17 heteroatoms. The second kappa shape index (κ2) is 15.9. The zero-order chi connectivity index (χ0) is 40.3. The van der Waals surface area contributed by atoms with E-state index in [4.69, 9.17) is 4.74 Å². The van der Waals surface area contributed by atoms with Gasteiger partial charge in [-0.3, -0.25) is 14.6 Å². The number of hydrogen-bond donors (Lipinski definition) is 6. The number of aliphatic carboxylic acids is 2. The monoisotopic (exact) mass is 786 g/mol. The first-order chi connectivity index (χ1) is 26.6. The maximum Gasteiger partial charge on any atom is 0.416 e. The number of benzene rings is 4. The van der Waals surface area contributed by atoms with Crippen LogP contribution in [0.25, 0.3) is 21.5 Å². The van der Waals surface area contributed by atoms with Crippen molar-refractivity contribution in [2.24, 2.45) is 0 Å². The lowest BCUT2D eigenvalue weighted by Gasteiger charge is -2.23. The average molecular weight is 787 g/mol. The first-order valence-corrected chi connectivity index (χ1v) is 17.3. The summed E-state index contributed by atoms with van der Waals surface area (Å²) in [6.45, 7) is 0.800. The molecule has 0 fully saturated rings. The third kappa shape index (κ3) is 8.33. The van der Waals surface area contributed by atoms with E-state index in [1.165, 1.54) is 36.2 Å². The number of aromatic nitrogens is 2. The Morgan fingerprint density at radius 2 is 1.38 bits per heavy atom. The van der Waals surface area contributed by atoms with E-state index in [1.54, 1.807) is 25.1 Å². The van der Waals surface area contributed by atoms with E-state index in [9.17, 15) is 52.8 Å². The Labute approximate surface area is 318 Å². The zero-order valence-electron chi connectivity index (χ0n) is 28.9. The number of pyridine rings is 2. The van der Waals surface area contributed by atoms with Gasteiger partial charge in [0.15, 0.2) is 23.5 Å². The Balaban J connectivity index is 1.21. The topological polar surface area (TPSA) is 208 Å². The standard InChI is InChI=1S/C39H29F3N4O9S/c1-19-28-16-25(56-24-5-3-2-4-6-24)12-14-27(28)34(48)33(44-19)36(50)46-32(38(53)54)31(37(51)52)45-35(49)30-29(18-47)26-13-11-23(15-20(26)17-43-30)55-22-9-7-21(8-10-22)39(40,41)42/h2-17,31-32,47-48H,18H2,1H3,(H,45,49)(H,46,50)(H,51,52)(H,53,54). The molecule has 0 aliphatic rings. The summed E-state index contributed by atoms with van der Waals surface area (Å²) >= 11 is 1.46. The van der Waals surface area contributed by atoms with Crippen molar-refractivity contribution in [3.8, 4) is 17.2 Å². The lowest BCUT2D eigenvalue weighted by Crippen LogP contribution is -2.59. The van der Waals surface area contributed by atoms with Crippen LogP contribution in [0, 0.1) is 6.92 Å². The van der Waals surface area contributed by atoms with E-state index in [0.717, 1.165) is 34.1 Å². The van der Waals surface area contributed by atoms with Crippen LogP contribution in [0.15, 0.2) is 107 Å². The summed E-state index contributed by atoms with van der Waals surface area (Å²) in [6.07, 6.45) is -3.34. The van der Waals surface area contributed by atoms with E-state index >= 15 is 0 Å². The van der Waals surface area contributed by atoms with Crippen molar-refractivity contribution in [2.45, 2.75) is 41.6 Å². The molecule has 0 spiro atoms. The molecule has 0 aliphatic carbocycles. The van der Waals surface area contributed by atoms with Crippen LogP contribution in [0.4, 0.5) is 13.2 Å². The SMILES string of the molecule is Cc1nc(C(=O)NC(C(=O)O)C(NC(=O)c2ncc3cc(Oc4ccc(C(F)(F)F)cc4)ccc3c2CO)C(=O)O)c(O)c2ccc(Sc3ccccc3)cc12. The highest BCUT2D eigenvalue weighted by atomic mass is 32.2. The van der Waals surface area contributed by atoms with Crippen molar-refractivity contribution in [3.05, 3.63) is 125 Å². The van der Waals surface area contributed by atoms with Gasteiger partial charge in [0.2, 0.25) is 0 Å². The van der Waals surface area contributed by atoms with Gasteiger partial charge in [0.05, 0.1) is 12.2 Å². The fraction of sp³-hybridized carbons (Fsp3) is 0.128. The molecule has 0 saturated carbocycles. The minimum Gasteiger partial charge on any atom is -0.505 e. The molecule has 0 aliphatic heterocycles. The van der Waals surface area contributed by atoms with Crippen LogP contribution in [0.1, 0.15) is 37.8 Å². The first-order valence-electron chi connectivity index (χ1n) is 16.5. The number of rotatable bonds is 12. The van der Waals surface area contributed by atoms with Gasteiger partial charge in [-0.05, 0) is 79.0 Å². The van der Waals surface area contributed by atoms with Crippen LogP contribution in [0.2, 0.25) is 0 Å². The van der Waals surface area contributed by atoms with Crippen molar-refractivity contribution >= 4 is 57.1 Å². The number of alkyl halides is 3. The summed E-state index contributed by atoms with van der Waals surface area (Å²) in [5, 5.41) is 46.7. The predicted molar refractivity (Wildman–Crippen MR) is 196 cm³/mol. The summed E-state index contributed by atoms with van der Waals surface area (Å²) in [6, 6.07) is 18.2. The number of aryl methyl sites for hydroxylation is 1. The number of nitrogens with one attached hydrogen (secondary N) is 2. The van der Waals surface area contributed by atoms with Gasteiger partial charge in [0.25, 0.3) is 11.8 Å². The van der Waals surface area contributed by atoms with Gasteiger partial charge < -0.3 is 35.8 Å². The highest BCUT2D eigenvalue weighted by molar-refractivity contribution is 7.99. The second-order valence-corrected chi connectivity index (χ2v) is 13.4. The normalized spacial score (nSPS) is 12.5. The average Bonchev–Trinajstić information content (AvgIpc) is 3.16. The number of hydrogen-bond acceptors (Lipinski definition) is 10. The Morgan fingerprint density at radius 3 is 1.98 bits per heavy atom. The van der Waals surface area contributed by atoms with Gasteiger partial charge in [0.1, 0.15) is 17.2 Å². The smallest absolute Gasteiger partial charge is 0.416 e. The molecule has 2 atom stereocenters. The number of nitrogens with zero attached hydrogens (tertiary/aromatic N) is 2. The van der Waals surface area contributed by atoms with Crippen LogP contribution < -0.4 is 15.4 Å². The quantitative estimate of drug-likeness (QED) is 0.0806. The van der Waals surface area contributed by atoms with Crippen molar-refractivity contribution in [1.82, 2.24) is 20.6 Å². The Hall–Kier alpha value is -6.72. The van der Waals surface area contributed by atoms with Gasteiger partial charge in [-0.25, -0.2) is 14.6 Å². The van der Waals surface area contributed by atoms with E-state index in [0.29, 0.717) is 16.5 Å². The van der Waals surface area contributed by atoms with Crippen LogP contribution in [0.3, 0.4) is 0 Å². The number of ether oxygens (including phenoxy) is 1. The number of aliphatic hydroxyl groups excluding tert-OH is 1. The maximum absolute atomic E-state index is 13.4. The molecule has 6 aromatic rings. The molecule has 6 N–H and O–H groups in total. The lowest BCUT2D eigenvalue weighted by atomic mass is 10.0. The number of aromatic hydroxyl groups is 1. The molecule has 0 radical (unpaired) electrons. The highest BCUT2D eigenvalue weighted by Gasteiger charge is 2.38. The molecule has 2 amide bonds. The summed E-state index contributed by atoms with van der Waals surface area (Å²) < 4.78 is 44.4. The minimum atomic E-state index is -4.53. The molecule has 56 heavy (non-hydrogen) atoms. The molecule has 2 aromatic heterocycles. The number of carbonyl (C=O) groups excluding carboxylic acids is 2. The molecule has 2 unspecified atom stereocenters. The van der Waals surface area contributed by atoms with Crippen molar-refractivity contribution in [2.75, 3.05) is 0 Å². The van der Waals surface area contributed by atoms with Crippen molar-refractivity contribution in [1.29, 1.82) is 0 Å². The number of aliphatic hydroxyl groups is 1. The number of carboxylic acid groups (broad SMARTS) is 2. The molecule has 13 nitrogen and oxygen atoms in total. The number of amides is 2. The van der Waals surface area contributed by atoms with E-state index in [1.807, 2.05) is 35.6 Å². The molecule has 4 aromatic carbocycles. The maximum atomic E-state index is 13.4. The Kier molecular flexibility index (Phi) is 11.1. The summed E-state index contributed by atoms with van der Waals surface area (Å²) in [4.78, 5) is 61.6. The van der Waals surface area contributed by atoms with Crippen LogP contribution >= 0.6 is 11.8 Å². The van der Waals surface area contributed by atoms with Crippen molar-refractivity contribution < 1.29 is 57.5 Å². The molecular formula is C39H29F3N4O9S. The molecule has 286 valence electrons. The van der Waals surface area contributed by atoms with Crippen LogP contribution in [0.5, 0.6) is 17.2 Å². The molecule has 2 heterocycles.